The summed E-state index contributed by atoms with van der Waals surface area (Å²) in [6.45, 7) is 6.19. The van der Waals surface area contributed by atoms with Gasteiger partial charge in [0.1, 0.15) is 18.1 Å². The van der Waals surface area contributed by atoms with E-state index in [4.69, 9.17) is 9.47 Å². The van der Waals surface area contributed by atoms with Gasteiger partial charge in [-0.25, -0.2) is 0 Å². The normalized spacial score (nSPS) is 10.4. The van der Waals surface area contributed by atoms with Gasteiger partial charge in [0.2, 0.25) is 0 Å². The standard InChI is InChI=1S/C24H24N2O5/c1-4-30-23-12-11-18(14-19(23)15-31-20-8-5-7-16(2)13-20)24(27)25-21-9-6-10-22(17(21)3)26(28)29/h5-14H,4,15H2,1-3H3,(H,25,27). The van der Waals surface area contributed by atoms with E-state index in [9.17, 15) is 14.9 Å². The molecule has 0 aromatic heterocycles. The number of carbonyl (C=O) groups excluding carboxylic acids is 1. The molecule has 0 fully saturated rings. The van der Waals surface area contributed by atoms with Gasteiger partial charge in [-0.15, -0.1) is 0 Å². The number of rotatable bonds is 8. The molecule has 3 aromatic rings. The molecule has 0 atom stereocenters. The number of hydrogen-bond acceptors (Lipinski definition) is 5. The molecule has 3 rings (SSSR count). The summed E-state index contributed by atoms with van der Waals surface area (Å²) in [4.78, 5) is 23.5. The van der Waals surface area contributed by atoms with Crippen LogP contribution in [0.4, 0.5) is 11.4 Å². The minimum Gasteiger partial charge on any atom is -0.493 e. The van der Waals surface area contributed by atoms with Crippen molar-refractivity contribution >= 4 is 17.3 Å². The molecular formula is C24H24N2O5. The molecule has 3 aromatic carbocycles. The zero-order valence-electron chi connectivity index (χ0n) is 17.7. The van der Waals surface area contributed by atoms with Crippen LogP contribution in [-0.4, -0.2) is 17.4 Å². The molecule has 1 N–H and O–H groups in total. The van der Waals surface area contributed by atoms with Gasteiger partial charge < -0.3 is 14.8 Å². The van der Waals surface area contributed by atoms with Crippen molar-refractivity contribution in [1.82, 2.24) is 0 Å². The third kappa shape index (κ3) is 5.39. The van der Waals surface area contributed by atoms with Crippen molar-refractivity contribution in [2.75, 3.05) is 11.9 Å². The fraction of sp³-hybridized carbons (Fsp3) is 0.208. The Bertz CT molecular complexity index is 1110. The lowest BCUT2D eigenvalue weighted by Gasteiger charge is -2.14. The Morgan fingerprint density at radius 2 is 1.81 bits per heavy atom. The molecule has 160 valence electrons. The highest BCUT2D eigenvalue weighted by atomic mass is 16.6. The second kappa shape index (κ2) is 9.75. The first-order valence-corrected chi connectivity index (χ1v) is 9.89. The van der Waals surface area contributed by atoms with Crippen LogP contribution in [0.25, 0.3) is 0 Å². The zero-order valence-corrected chi connectivity index (χ0v) is 17.7. The van der Waals surface area contributed by atoms with Crippen LogP contribution < -0.4 is 14.8 Å². The van der Waals surface area contributed by atoms with Gasteiger partial charge in [-0.3, -0.25) is 14.9 Å². The number of benzene rings is 3. The van der Waals surface area contributed by atoms with Gasteiger partial charge in [0.15, 0.2) is 0 Å². The predicted octanol–water partition coefficient (Wildman–Crippen LogP) is 5.44. The predicted molar refractivity (Wildman–Crippen MR) is 119 cm³/mol. The molecule has 0 saturated carbocycles. The van der Waals surface area contributed by atoms with Gasteiger partial charge >= 0.3 is 0 Å². The monoisotopic (exact) mass is 420 g/mol. The quantitative estimate of drug-likeness (QED) is 0.387. The highest BCUT2D eigenvalue weighted by molar-refractivity contribution is 6.05. The maximum absolute atomic E-state index is 12.8. The molecule has 1 amide bonds. The summed E-state index contributed by atoms with van der Waals surface area (Å²) < 4.78 is 11.6. The molecule has 0 unspecified atom stereocenters. The smallest absolute Gasteiger partial charge is 0.274 e. The number of hydrogen-bond donors (Lipinski definition) is 1. The Hall–Kier alpha value is -3.87. The van der Waals surface area contributed by atoms with E-state index in [1.54, 1.807) is 37.3 Å². The number of nitro benzene ring substituents is 1. The van der Waals surface area contributed by atoms with Gasteiger partial charge in [0.05, 0.1) is 22.8 Å². The van der Waals surface area contributed by atoms with Gasteiger partial charge in [0.25, 0.3) is 11.6 Å². The third-order valence-corrected chi connectivity index (χ3v) is 4.76. The Balaban J connectivity index is 1.83. The summed E-state index contributed by atoms with van der Waals surface area (Å²) in [6.07, 6.45) is 0. The number of amides is 1. The van der Waals surface area contributed by atoms with Gasteiger partial charge in [-0.05, 0) is 62.7 Å². The lowest BCUT2D eigenvalue weighted by molar-refractivity contribution is -0.385. The van der Waals surface area contributed by atoms with E-state index in [1.165, 1.54) is 6.07 Å². The van der Waals surface area contributed by atoms with Crippen LogP contribution in [0.2, 0.25) is 0 Å². The number of aryl methyl sites for hydroxylation is 1. The van der Waals surface area contributed by atoms with Crippen LogP contribution >= 0.6 is 0 Å². The Kier molecular flexibility index (Phi) is 6.87. The Labute approximate surface area is 180 Å². The summed E-state index contributed by atoms with van der Waals surface area (Å²) in [5.74, 6) is 0.992. The minimum absolute atomic E-state index is 0.0447. The maximum atomic E-state index is 12.8. The molecule has 7 heteroatoms. The molecular weight excluding hydrogens is 396 g/mol. The molecule has 0 radical (unpaired) electrons. The molecule has 0 aliphatic heterocycles. The van der Waals surface area contributed by atoms with Crippen molar-refractivity contribution in [3.05, 3.63) is 93.0 Å². The summed E-state index contributed by atoms with van der Waals surface area (Å²) in [5, 5.41) is 13.9. The number of anilines is 1. The number of ether oxygens (including phenoxy) is 2. The average molecular weight is 420 g/mol. The molecule has 0 heterocycles. The van der Waals surface area contributed by atoms with Crippen molar-refractivity contribution in [3.8, 4) is 11.5 Å². The molecule has 0 aliphatic rings. The van der Waals surface area contributed by atoms with E-state index in [1.807, 2.05) is 38.1 Å². The highest BCUT2D eigenvalue weighted by Gasteiger charge is 2.17. The van der Waals surface area contributed by atoms with Crippen LogP contribution in [0.15, 0.2) is 60.7 Å². The molecule has 0 saturated heterocycles. The van der Waals surface area contributed by atoms with E-state index in [2.05, 4.69) is 5.32 Å². The first-order chi connectivity index (χ1) is 14.9. The summed E-state index contributed by atoms with van der Waals surface area (Å²) >= 11 is 0. The van der Waals surface area contributed by atoms with Crippen molar-refractivity contribution in [3.63, 3.8) is 0 Å². The summed E-state index contributed by atoms with van der Waals surface area (Å²) in [7, 11) is 0. The van der Waals surface area contributed by atoms with Crippen molar-refractivity contribution in [1.29, 1.82) is 0 Å². The topological polar surface area (TPSA) is 90.7 Å². The summed E-state index contributed by atoms with van der Waals surface area (Å²) in [5.41, 5.74) is 2.96. The second-order valence-corrected chi connectivity index (χ2v) is 7.02. The lowest BCUT2D eigenvalue weighted by Crippen LogP contribution is -2.14. The molecule has 31 heavy (non-hydrogen) atoms. The number of nitrogens with one attached hydrogen (secondary N) is 1. The average Bonchev–Trinajstić information content (AvgIpc) is 2.74. The third-order valence-electron chi connectivity index (χ3n) is 4.76. The number of nitrogens with zero attached hydrogens (tertiary/aromatic N) is 1. The Morgan fingerprint density at radius 3 is 2.52 bits per heavy atom. The van der Waals surface area contributed by atoms with Crippen LogP contribution in [-0.2, 0) is 6.61 Å². The van der Waals surface area contributed by atoms with E-state index in [-0.39, 0.29) is 18.2 Å². The largest absolute Gasteiger partial charge is 0.493 e. The first-order valence-electron chi connectivity index (χ1n) is 9.89. The highest BCUT2D eigenvalue weighted by Crippen LogP contribution is 2.27. The van der Waals surface area contributed by atoms with Crippen LogP contribution in [0, 0.1) is 24.0 Å². The van der Waals surface area contributed by atoms with Crippen molar-refractivity contribution in [2.45, 2.75) is 27.4 Å². The zero-order chi connectivity index (χ0) is 22.4. The lowest BCUT2D eigenvalue weighted by atomic mass is 10.1. The van der Waals surface area contributed by atoms with E-state index in [0.29, 0.717) is 29.2 Å². The van der Waals surface area contributed by atoms with Crippen LogP contribution in [0.3, 0.4) is 0 Å². The van der Waals surface area contributed by atoms with Crippen LogP contribution in [0.5, 0.6) is 11.5 Å². The van der Waals surface area contributed by atoms with Gasteiger partial charge in [-0.2, -0.15) is 0 Å². The minimum atomic E-state index is -0.470. The fourth-order valence-corrected chi connectivity index (χ4v) is 3.15. The SMILES string of the molecule is CCOc1ccc(C(=O)Nc2cccc([N+](=O)[O-])c2C)cc1COc1cccc(C)c1. The number of carbonyl (C=O) groups is 1. The molecule has 0 bridgehead atoms. The van der Waals surface area contributed by atoms with Gasteiger partial charge in [0, 0.05) is 17.2 Å². The number of nitro groups is 1. The molecule has 7 nitrogen and oxygen atoms in total. The van der Waals surface area contributed by atoms with Crippen LogP contribution in [0.1, 0.15) is 34.0 Å². The second-order valence-electron chi connectivity index (χ2n) is 7.02. The van der Waals surface area contributed by atoms with Crippen molar-refractivity contribution < 1.29 is 19.2 Å². The fourth-order valence-electron chi connectivity index (χ4n) is 3.15. The maximum Gasteiger partial charge on any atom is 0.274 e. The molecule has 0 aliphatic carbocycles. The van der Waals surface area contributed by atoms with Crippen molar-refractivity contribution in [2.24, 2.45) is 0 Å². The summed E-state index contributed by atoms with van der Waals surface area (Å²) in [6, 6.07) is 17.4. The van der Waals surface area contributed by atoms with E-state index < -0.39 is 4.92 Å². The first kappa shape index (κ1) is 21.8. The van der Waals surface area contributed by atoms with Gasteiger partial charge in [-0.1, -0.05) is 18.2 Å². The molecule has 0 spiro atoms. The Morgan fingerprint density at radius 1 is 1.03 bits per heavy atom. The van der Waals surface area contributed by atoms with E-state index >= 15 is 0 Å². The van der Waals surface area contributed by atoms with E-state index in [0.717, 1.165) is 16.9 Å².